The monoisotopic (exact) mass is 507 g/mol. The van der Waals surface area contributed by atoms with E-state index < -0.39 is 16.1 Å². The summed E-state index contributed by atoms with van der Waals surface area (Å²) in [6.07, 6.45) is 8.55. The lowest BCUT2D eigenvalue weighted by Gasteiger charge is -2.35. The van der Waals surface area contributed by atoms with E-state index in [1.807, 2.05) is 30.3 Å². The van der Waals surface area contributed by atoms with Gasteiger partial charge in [0.1, 0.15) is 17.3 Å². The second kappa shape index (κ2) is 12.5. The minimum absolute atomic E-state index is 0.166. The highest BCUT2D eigenvalue weighted by molar-refractivity contribution is 7.89. The first kappa shape index (κ1) is 25.7. The zero-order valence-corrected chi connectivity index (χ0v) is 20.7. The predicted octanol–water partition coefficient (Wildman–Crippen LogP) is 1.49. The molecule has 1 unspecified atom stereocenters. The quantitative estimate of drug-likeness (QED) is 0.327. The van der Waals surface area contributed by atoms with E-state index >= 15 is 0 Å². The van der Waals surface area contributed by atoms with E-state index in [-0.39, 0.29) is 5.75 Å². The fourth-order valence-corrected chi connectivity index (χ4v) is 5.61. The highest BCUT2D eigenvalue weighted by Gasteiger charge is 2.29. The van der Waals surface area contributed by atoms with Crippen LogP contribution in [0.4, 0.5) is 5.82 Å². The van der Waals surface area contributed by atoms with Gasteiger partial charge in [-0.2, -0.15) is 4.31 Å². The average Bonchev–Trinajstić information content (AvgIpc) is 2.93. The van der Waals surface area contributed by atoms with E-state index in [1.165, 1.54) is 4.31 Å². The molecule has 1 fully saturated rings. The molecule has 0 radical (unpaired) electrons. The van der Waals surface area contributed by atoms with Crippen molar-refractivity contribution in [2.24, 2.45) is 0 Å². The van der Waals surface area contributed by atoms with Gasteiger partial charge in [-0.05, 0) is 49.1 Å². The van der Waals surface area contributed by atoms with Crippen molar-refractivity contribution in [3.8, 4) is 11.8 Å². The Hall–Kier alpha value is -3.43. The maximum absolute atomic E-state index is 13.0. The number of anilines is 1. The third-order valence-corrected chi connectivity index (χ3v) is 7.85. The Labute approximate surface area is 211 Å². The van der Waals surface area contributed by atoms with Gasteiger partial charge in [0.15, 0.2) is 0 Å². The molecule has 10 nitrogen and oxygen atoms in total. The van der Waals surface area contributed by atoms with Crippen molar-refractivity contribution in [2.45, 2.75) is 25.3 Å². The van der Waals surface area contributed by atoms with Gasteiger partial charge in [-0.25, -0.2) is 33.8 Å². The summed E-state index contributed by atoms with van der Waals surface area (Å²) in [6.45, 7) is 1.80. The van der Waals surface area contributed by atoms with Crippen LogP contribution in [0.15, 0.2) is 61.2 Å². The van der Waals surface area contributed by atoms with Gasteiger partial charge in [0.2, 0.25) is 10.0 Å². The van der Waals surface area contributed by atoms with Crippen molar-refractivity contribution in [1.29, 1.82) is 0 Å². The third-order valence-electron chi connectivity index (χ3n) is 5.87. The molecule has 1 aliphatic heterocycles. The maximum atomic E-state index is 13.0. The zero-order valence-electron chi connectivity index (χ0n) is 19.9. The number of nitrogens with zero attached hydrogens (tertiary/aromatic N) is 6. The maximum Gasteiger partial charge on any atom is 0.215 e. The van der Waals surface area contributed by atoms with E-state index in [0.29, 0.717) is 57.0 Å². The molecular weight excluding hydrogens is 478 g/mol. The molecule has 0 aliphatic carbocycles. The van der Waals surface area contributed by atoms with Crippen LogP contribution in [0, 0.1) is 11.8 Å². The number of hydroxylamine groups is 1. The molecule has 0 amide bonds. The van der Waals surface area contributed by atoms with Gasteiger partial charge in [0.25, 0.3) is 0 Å². The minimum Gasteiger partial charge on any atom is -0.354 e. The molecule has 1 atom stereocenters. The molecule has 0 aromatic carbocycles. The molecule has 0 spiro atoms. The van der Waals surface area contributed by atoms with E-state index in [9.17, 15) is 13.6 Å². The predicted molar refractivity (Wildman–Crippen MR) is 136 cm³/mol. The SMILES string of the molecule is O=S(=O)(CC(CCCc1ncccn1)NO)N1CCN(c2ccc(C#Cc3ccccn3)cn2)CC1. The van der Waals surface area contributed by atoms with Crippen LogP contribution < -0.4 is 10.4 Å². The summed E-state index contributed by atoms with van der Waals surface area (Å²) >= 11 is 0. The van der Waals surface area contributed by atoms with Crippen LogP contribution in [0.3, 0.4) is 0 Å². The van der Waals surface area contributed by atoms with Crippen molar-refractivity contribution in [2.75, 3.05) is 36.8 Å². The van der Waals surface area contributed by atoms with Crippen LogP contribution in [0.1, 0.15) is 29.9 Å². The van der Waals surface area contributed by atoms with Crippen molar-refractivity contribution in [3.63, 3.8) is 0 Å². The standard InChI is InChI=1S/C25H29N7O3S/c33-30-23(6-3-7-24-27-13-4-14-28-24)20-36(34,35)32-17-15-31(16-18-32)25-11-9-21(19-29-25)8-10-22-5-1-2-12-26-22/h1-2,4-5,9,11-14,19,23,30,33H,3,6-7,15-18,20H2. The van der Waals surface area contributed by atoms with Crippen LogP contribution in [0.25, 0.3) is 0 Å². The van der Waals surface area contributed by atoms with Crippen molar-refractivity contribution in [3.05, 3.63) is 78.3 Å². The van der Waals surface area contributed by atoms with Crippen LogP contribution >= 0.6 is 0 Å². The summed E-state index contributed by atoms with van der Waals surface area (Å²) < 4.78 is 27.4. The Morgan fingerprint density at radius 2 is 1.72 bits per heavy atom. The van der Waals surface area contributed by atoms with Gasteiger partial charge in [-0.15, -0.1) is 0 Å². The van der Waals surface area contributed by atoms with Gasteiger partial charge in [0.05, 0.1) is 5.75 Å². The number of rotatable bonds is 9. The lowest BCUT2D eigenvalue weighted by atomic mass is 10.1. The van der Waals surface area contributed by atoms with Gasteiger partial charge in [-0.3, -0.25) is 0 Å². The molecule has 3 aromatic heterocycles. The number of aromatic nitrogens is 4. The molecule has 4 heterocycles. The first-order valence-electron chi connectivity index (χ1n) is 11.8. The second-order valence-electron chi connectivity index (χ2n) is 8.42. The van der Waals surface area contributed by atoms with E-state index in [2.05, 4.69) is 42.2 Å². The third kappa shape index (κ3) is 7.29. The Balaban J connectivity index is 1.26. The zero-order chi connectivity index (χ0) is 25.2. The molecular formula is C25H29N7O3S. The Morgan fingerprint density at radius 1 is 0.944 bits per heavy atom. The van der Waals surface area contributed by atoms with E-state index in [4.69, 9.17) is 0 Å². The van der Waals surface area contributed by atoms with Gasteiger partial charge in [0, 0.05) is 69.0 Å². The van der Waals surface area contributed by atoms with Gasteiger partial charge >= 0.3 is 0 Å². The summed E-state index contributed by atoms with van der Waals surface area (Å²) in [5.41, 5.74) is 3.64. The Bertz CT molecular complexity index is 1260. The van der Waals surface area contributed by atoms with Crippen LogP contribution in [0.2, 0.25) is 0 Å². The fourth-order valence-electron chi connectivity index (χ4n) is 3.93. The molecule has 1 saturated heterocycles. The first-order chi connectivity index (χ1) is 17.5. The minimum atomic E-state index is -3.53. The lowest BCUT2D eigenvalue weighted by molar-refractivity contribution is 0.128. The van der Waals surface area contributed by atoms with Crippen LogP contribution in [-0.2, 0) is 16.4 Å². The largest absolute Gasteiger partial charge is 0.354 e. The fraction of sp³-hybridized carbons (Fsp3) is 0.360. The van der Waals surface area contributed by atoms with Crippen molar-refractivity contribution >= 4 is 15.8 Å². The normalized spacial score (nSPS) is 15.2. The van der Waals surface area contributed by atoms with E-state index in [0.717, 1.165) is 11.4 Å². The first-order valence-corrected chi connectivity index (χ1v) is 13.4. The molecule has 1 aliphatic rings. The topological polar surface area (TPSA) is 124 Å². The second-order valence-corrected chi connectivity index (χ2v) is 10.4. The summed E-state index contributed by atoms with van der Waals surface area (Å²) in [5, 5.41) is 9.51. The molecule has 2 N–H and O–H groups in total. The molecule has 11 heteroatoms. The molecule has 4 rings (SSSR count). The average molecular weight is 508 g/mol. The number of piperazine rings is 1. The number of aryl methyl sites for hydroxylation is 1. The van der Waals surface area contributed by atoms with Crippen molar-refractivity contribution in [1.82, 2.24) is 29.7 Å². The smallest absolute Gasteiger partial charge is 0.215 e. The van der Waals surface area contributed by atoms with Crippen LogP contribution in [-0.4, -0.2) is 75.8 Å². The molecule has 0 bridgehead atoms. The highest BCUT2D eigenvalue weighted by atomic mass is 32.2. The molecule has 0 saturated carbocycles. The molecule has 188 valence electrons. The van der Waals surface area contributed by atoms with Crippen LogP contribution in [0.5, 0.6) is 0 Å². The van der Waals surface area contributed by atoms with Crippen molar-refractivity contribution < 1.29 is 13.6 Å². The Morgan fingerprint density at radius 3 is 2.39 bits per heavy atom. The number of nitrogens with one attached hydrogen (secondary N) is 1. The summed E-state index contributed by atoms with van der Waals surface area (Å²) in [4.78, 5) is 19.1. The number of pyridine rings is 2. The van der Waals surface area contributed by atoms with Gasteiger partial charge in [-0.1, -0.05) is 12.0 Å². The van der Waals surface area contributed by atoms with Gasteiger partial charge < -0.3 is 10.1 Å². The van der Waals surface area contributed by atoms with E-state index in [1.54, 1.807) is 30.9 Å². The number of sulfonamides is 1. The summed E-state index contributed by atoms with van der Waals surface area (Å²) in [7, 11) is -3.53. The molecule has 36 heavy (non-hydrogen) atoms. The summed E-state index contributed by atoms with van der Waals surface area (Å²) in [5.74, 6) is 7.38. The number of hydrogen-bond donors (Lipinski definition) is 2. The Kier molecular flexibility index (Phi) is 8.91. The summed E-state index contributed by atoms with van der Waals surface area (Å²) in [6, 6.07) is 10.6. The molecule has 3 aromatic rings. The number of hydrogen-bond acceptors (Lipinski definition) is 9. The lowest BCUT2D eigenvalue weighted by Crippen LogP contribution is -2.51. The highest BCUT2D eigenvalue weighted by Crippen LogP contribution is 2.17.